The number of nitrogens with zero attached hydrogens (tertiary/aromatic N) is 5. The summed E-state index contributed by atoms with van der Waals surface area (Å²) in [7, 11) is 0. The lowest BCUT2D eigenvalue weighted by Crippen LogP contribution is -2.46. The minimum absolute atomic E-state index is 0.0419. The average Bonchev–Trinajstić information content (AvgIpc) is 3.37. The Bertz CT molecular complexity index is 1650. The number of nitriles is 1. The Morgan fingerprint density at radius 1 is 0.935 bits per heavy atom. The number of aromatic nitrogens is 1. The van der Waals surface area contributed by atoms with Crippen LogP contribution in [0.5, 0.6) is 0 Å². The Hall–Kier alpha value is -4.76. The van der Waals surface area contributed by atoms with Crippen LogP contribution in [0.1, 0.15) is 63.2 Å². The highest BCUT2D eigenvalue weighted by Gasteiger charge is 2.47. The molecule has 1 spiro atoms. The van der Waals surface area contributed by atoms with Crippen LogP contribution in [0.2, 0.25) is 0 Å². The molecule has 0 radical (unpaired) electrons. The van der Waals surface area contributed by atoms with Gasteiger partial charge in [-0.15, -0.1) is 0 Å². The maximum absolute atomic E-state index is 14.4. The molecule has 6 rings (SSSR count). The molecule has 3 saturated heterocycles. The molecule has 12 heteroatoms. The van der Waals surface area contributed by atoms with E-state index in [1.54, 1.807) is 28.0 Å². The molecule has 3 aliphatic heterocycles. The maximum Gasteiger partial charge on any atom is 0.410 e. The average molecular weight is 632 g/mol. The summed E-state index contributed by atoms with van der Waals surface area (Å²) < 4.78 is 47.8. The zero-order valence-electron chi connectivity index (χ0n) is 25.1. The van der Waals surface area contributed by atoms with Crippen LogP contribution in [0.3, 0.4) is 0 Å². The molecule has 9 nitrogen and oxygen atoms in total. The van der Waals surface area contributed by atoms with E-state index in [-0.39, 0.29) is 41.8 Å². The summed E-state index contributed by atoms with van der Waals surface area (Å²) in [4.78, 5) is 48.3. The molecule has 238 valence electrons. The van der Waals surface area contributed by atoms with Crippen molar-refractivity contribution < 1.29 is 32.3 Å². The number of ketones is 1. The molecule has 2 aromatic carbocycles. The highest BCUT2D eigenvalue weighted by molar-refractivity contribution is 5.98. The van der Waals surface area contributed by atoms with Crippen molar-refractivity contribution in [2.75, 3.05) is 32.7 Å². The Balaban J connectivity index is 0.987. The van der Waals surface area contributed by atoms with E-state index >= 15 is 0 Å². The maximum atomic E-state index is 14.4. The smallest absolute Gasteiger partial charge is 0.410 e. The van der Waals surface area contributed by atoms with Crippen molar-refractivity contribution in [2.24, 2.45) is 5.92 Å². The molecule has 3 aliphatic rings. The van der Waals surface area contributed by atoms with Gasteiger partial charge in [0, 0.05) is 68.8 Å². The van der Waals surface area contributed by atoms with Crippen LogP contribution in [-0.2, 0) is 17.8 Å². The number of rotatable bonds is 7. The number of likely N-dealkylation sites (tertiary alicyclic amines) is 2. The van der Waals surface area contributed by atoms with Gasteiger partial charge in [-0.25, -0.2) is 18.0 Å². The van der Waals surface area contributed by atoms with E-state index in [0.717, 1.165) is 12.1 Å². The molecule has 0 atom stereocenters. The molecule has 46 heavy (non-hydrogen) atoms. The van der Waals surface area contributed by atoms with Crippen molar-refractivity contribution in [3.63, 3.8) is 0 Å². The van der Waals surface area contributed by atoms with E-state index in [1.807, 2.05) is 4.90 Å². The van der Waals surface area contributed by atoms with Gasteiger partial charge in [-0.3, -0.25) is 24.4 Å². The summed E-state index contributed by atoms with van der Waals surface area (Å²) in [6.45, 7) is 2.42. The lowest BCUT2D eigenvalue weighted by molar-refractivity contribution is -0.00165. The van der Waals surface area contributed by atoms with E-state index in [0.29, 0.717) is 75.2 Å². The number of pyridine rings is 1. The first-order valence-corrected chi connectivity index (χ1v) is 15.3. The number of ether oxygens (including phenoxy) is 1. The van der Waals surface area contributed by atoms with E-state index in [4.69, 9.17) is 10.00 Å². The number of hydrogen-bond donors (Lipinski definition) is 0. The Morgan fingerprint density at radius 3 is 2.20 bits per heavy atom. The quantitative estimate of drug-likeness (QED) is 0.335. The summed E-state index contributed by atoms with van der Waals surface area (Å²) in [5, 5.41) is 8.92. The van der Waals surface area contributed by atoms with Gasteiger partial charge >= 0.3 is 6.09 Å². The Kier molecular flexibility index (Phi) is 8.77. The third-order valence-corrected chi connectivity index (χ3v) is 9.17. The van der Waals surface area contributed by atoms with Crippen LogP contribution in [-0.4, -0.2) is 75.8 Å². The van der Waals surface area contributed by atoms with Gasteiger partial charge in [0.2, 0.25) is 0 Å². The molecule has 3 aromatic rings. The van der Waals surface area contributed by atoms with E-state index < -0.39 is 29.1 Å². The standard InChI is InChI=1S/C34H32F3N5O4/c35-26-4-1-23(2-5-26)31(43)24-7-11-41(12-8-24)32(44)25-3-6-27(39-18-25)19-42-21-34(46-33(42)45)9-13-40(14-10-34)20-28-29(36)15-22(17-38)16-30(28)37/h1-6,15-16,18,24H,7-14,19-21H2. The van der Waals surface area contributed by atoms with Gasteiger partial charge in [-0.05, 0) is 61.4 Å². The molecule has 0 unspecified atom stereocenters. The minimum Gasteiger partial charge on any atom is -0.441 e. The lowest BCUT2D eigenvalue weighted by Gasteiger charge is -2.37. The first kappa shape index (κ1) is 31.2. The Morgan fingerprint density at radius 2 is 1.59 bits per heavy atom. The molecule has 1 aromatic heterocycles. The third kappa shape index (κ3) is 6.60. The fourth-order valence-electron chi connectivity index (χ4n) is 6.45. The normalized spacial score (nSPS) is 18.4. The topological polar surface area (TPSA) is 107 Å². The van der Waals surface area contributed by atoms with Gasteiger partial charge in [0.15, 0.2) is 5.78 Å². The van der Waals surface area contributed by atoms with Crippen molar-refractivity contribution in [2.45, 2.75) is 44.4 Å². The molecule has 0 aliphatic carbocycles. The van der Waals surface area contributed by atoms with Gasteiger partial charge in [-0.2, -0.15) is 5.26 Å². The van der Waals surface area contributed by atoms with Crippen LogP contribution >= 0.6 is 0 Å². The molecule has 2 amide bonds. The highest BCUT2D eigenvalue weighted by Crippen LogP contribution is 2.35. The SMILES string of the molecule is N#Cc1cc(F)c(CN2CCC3(CC2)CN(Cc2ccc(C(=O)N4CCC(C(=O)c5ccc(F)cc5)CC4)cn2)C(=O)O3)c(F)c1. The van der Waals surface area contributed by atoms with Crippen molar-refractivity contribution in [3.8, 4) is 6.07 Å². The lowest BCUT2D eigenvalue weighted by atomic mass is 9.88. The number of Topliss-reactive ketones (excluding diaryl/α,β-unsaturated/α-hetero) is 1. The zero-order chi connectivity index (χ0) is 32.4. The molecule has 0 bridgehead atoms. The van der Waals surface area contributed by atoms with Gasteiger partial charge in [0.25, 0.3) is 5.91 Å². The van der Waals surface area contributed by atoms with E-state index in [2.05, 4.69) is 4.98 Å². The number of carbonyl (C=O) groups is 3. The largest absolute Gasteiger partial charge is 0.441 e. The molecular weight excluding hydrogens is 599 g/mol. The molecule has 4 heterocycles. The minimum atomic E-state index is -0.755. The third-order valence-electron chi connectivity index (χ3n) is 9.17. The number of carbonyl (C=O) groups excluding carboxylic acids is 3. The van der Waals surface area contributed by atoms with Gasteiger partial charge in [0.05, 0.1) is 36.0 Å². The molecular formula is C34H32F3N5O4. The number of piperidine rings is 2. The fraction of sp³-hybridized carbons (Fsp3) is 0.382. The van der Waals surface area contributed by atoms with Crippen molar-refractivity contribution in [1.82, 2.24) is 19.7 Å². The monoisotopic (exact) mass is 631 g/mol. The predicted octanol–water partition coefficient (Wildman–Crippen LogP) is 5.09. The second kappa shape index (κ2) is 12.9. The molecule has 3 fully saturated rings. The number of hydrogen-bond acceptors (Lipinski definition) is 7. The summed E-state index contributed by atoms with van der Waals surface area (Å²) in [6, 6.07) is 12.7. The predicted molar refractivity (Wildman–Crippen MR) is 159 cm³/mol. The van der Waals surface area contributed by atoms with Crippen molar-refractivity contribution in [1.29, 1.82) is 5.26 Å². The number of amides is 2. The van der Waals surface area contributed by atoms with Gasteiger partial charge < -0.3 is 9.64 Å². The summed E-state index contributed by atoms with van der Waals surface area (Å²) in [5.41, 5.74) is 0.620. The van der Waals surface area contributed by atoms with Gasteiger partial charge in [-0.1, -0.05) is 0 Å². The Labute approximate surface area is 264 Å². The first-order chi connectivity index (χ1) is 22.1. The second-order valence-corrected chi connectivity index (χ2v) is 12.2. The summed E-state index contributed by atoms with van der Waals surface area (Å²) in [5.74, 6) is -2.35. The van der Waals surface area contributed by atoms with Gasteiger partial charge in [0.1, 0.15) is 23.1 Å². The van der Waals surface area contributed by atoms with Crippen molar-refractivity contribution in [3.05, 3.63) is 100 Å². The van der Waals surface area contributed by atoms with Crippen LogP contribution in [0.25, 0.3) is 0 Å². The van der Waals surface area contributed by atoms with Crippen LogP contribution in [0.4, 0.5) is 18.0 Å². The summed E-state index contributed by atoms with van der Waals surface area (Å²) in [6.07, 6.45) is 3.08. The zero-order valence-corrected chi connectivity index (χ0v) is 25.1. The van der Waals surface area contributed by atoms with Crippen LogP contribution in [0.15, 0.2) is 54.7 Å². The van der Waals surface area contributed by atoms with Crippen LogP contribution in [0, 0.1) is 34.7 Å². The number of halogens is 3. The van der Waals surface area contributed by atoms with Crippen molar-refractivity contribution >= 4 is 17.8 Å². The highest BCUT2D eigenvalue weighted by atomic mass is 19.1. The van der Waals surface area contributed by atoms with E-state index in [1.165, 1.54) is 30.5 Å². The molecule has 0 saturated carbocycles. The summed E-state index contributed by atoms with van der Waals surface area (Å²) >= 11 is 0. The first-order valence-electron chi connectivity index (χ1n) is 15.3. The fourth-order valence-corrected chi connectivity index (χ4v) is 6.45. The van der Waals surface area contributed by atoms with Crippen LogP contribution < -0.4 is 0 Å². The number of benzene rings is 2. The van der Waals surface area contributed by atoms with E-state index in [9.17, 15) is 27.6 Å². The second-order valence-electron chi connectivity index (χ2n) is 12.2. The molecule has 0 N–H and O–H groups in total.